The van der Waals surface area contributed by atoms with Crippen molar-refractivity contribution < 1.29 is 9.53 Å². The lowest BCUT2D eigenvalue weighted by molar-refractivity contribution is -0.113. The van der Waals surface area contributed by atoms with Crippen molar-refractivity contribution in [1.29, 1.82) is 0 Å². The lowest BCUT2D eigenvalue weighted by Crippen LogP contribution is -1.84. The molecule has 1 aromatic carbocycles. The summed E-state index contributed by atoms with van der Waals surface area (Å²) in [6.07, 6.45) is 2.64. The molecule has 0 N–H and O–H groups in total. The van der Waals surface area contributed by atoms with Gasteiger partial charge in [0.05, 0.1) is 7.11 Å². The number of methoxy groups -OCH3 is 1. The summed E-state index contributed by atoms with van der Waals surface area (Å²) in [5.41, 5.74) is 0.808. The van der Waals surface area contributed by atoms with Crippen molar-refractivity contribution in [3.8, 4) is 5.75 Å². The van der Waals surface area contributed by atoms with Gasteiger partial charge in [-0.1, -0.05) is 12.1 Å². The molecular formula is C10H9NO3. The summed E-state index contributed by atoms with van der Waals surface area (Å²) in [6, 6.07) is 7.07. The highest BCUT2D eigenvalue weighted by atomic mass is 16.5. The Morgan fingerprint density at radius 3 is 2.50 bits per heavy atom. The van der Waals surface area contributed by atoms with Crippen LogP contribution in [0, 0.1) is 4.91 Å². The molecule has 0 fully saturated rings. The molecule has 14 heavy (non-hydrogen) atoms. The fourth-order valence-corrected chi connectivity index (χ4v) is 0.913. The van der Waals surface area contributed by atoms with E-state index in [1.165, 1.54) is 6.08 Å². The van der Waals surface area contributed by atoms with Crippen molar-refractivity contribution in [2.24, 2.45) is 5.18 Å². The third-order valence-electron chi connectivity index (χ3n) is 1.62. The van der Waals surface area contributed by atoms with E-state index in [2.05, 4.69) is 5.18 Å². The highest BCUT2D eigenvalue weighted by Gasteiger charge is 1.93. The van der Waals surface area contributed by atoms with E-state index in [0.717, 1.165) is 17.4 Å². The molecule has 0 heterocycles. The highest BCUT2D eigenvalue weighted by molar-refractivity contribution is 5.92. The van der Waals surface area contributed by atoms with Gasteiger partial charge in [-0.05, 0) is 23.8 Å². The number of nitrogens with zero attached hydrogens (tertiary/aromatic N) is 1. The first kappa shape index (κ1) is 10.1. The van der Waals surface area contributed by atoms with Gasteiger partial charge in [-0.3, -0.25) is 4.79 Å². The van der Waals surface area contributed by atoms with Crippen LogP contribution >= 0.6 is 0 Å². The first-order chi connectivity index (χ1) is 6.76. The number of carbonyl (C=O) groups excluding carboxylic acids is 1. The molecule has 0 atom stereocenters. The molecule has 4 heteroatoms. The van der Waals surface area contributed by atoms with E-state index >= 15 is 0 Å². The van der Waals surface area contributed by atoms with Crippen LogP contribution in [-0.2, 0) is 4.79 Å². The Bertz CT molecular complexity index is 354. The molecule has 1 amide bonds. The molecule has 0 aliphatic carbocycles. The second-order valence-corrected chi connectivity index (χ2v) is 2.54. The number of amides is 1. The maximum atomic E-state index is 10.5. The van der Waals surface area contributed by atoms with E-state index < -0.39 is 5.91 Å². The summed E-state index contributed by atoms with van der Waals surface area (Å²) in [5.74, 6) is -0.0530. The Morgan fingerprint density at radius 2 is 2.00 bits per heavy atom. The molecule has 0 aliphatic heterocycles. The zero-order chi connectivity index (χ0) is 10.4. The van der Waals surface area contributed by atoms with E-state index in [0.29, 0.717) is 0 Å². The molecule has 72 valence electrons. The summed E-state index contributed by atoms with van der Waals surface area (Å²) >= 11 is 0. The average Bonchev–Trinajstić information content (AvgIpc) is 2.26. The van der Waals surface area contributed by atoms with Gasteiger partial charge in [0.15, 0.2) is 0 Å². The normalized spacial score (nSPS) is 10.1. The van der Waals surface area contributed by atoms with Crippen LogP contribution in [0.25, 0.3) is 6.08 Å². The molecule has 0 radical (unpaired) electrons. The number of ether oxygens (including phenoxy) is 1. The average molecular weight is 191 g/mol. The van der Waals surface area contributed by atoms with Crippen molar-refractivity contribution in [3.63, 3.8) is 0 Å². The second-order valence-electron chi connectivity index (χ2n) is 2.54. The van der Waals surface area contributed by atoms with Crippen LogP contribution < -0.4 is 4.74 Å². The van der Waals surface area contributed by atoms with Gasteiger partial charge in [0.2, 0.25) is 0 Å². The van der Waals surface area contributed by atoms with Gasteiger partial charge in [0.1, 0.15) is 5.75 Å². The van der Waals surface area contributed by atoms with E-state index in [9.17, 15) is 9.70 Å². The number of hydrogen-bond acceptors (Lipinski definition) is 3. The van der Waals surface area contributed by atoms with Crippen molar-refractivity contribution in [1.82, 2.24) is 0 Å². The Morgan fingerprint density at radius 1 is 1.36 bits per heavy atom. The maximum absolute atomic E-state index is 10.5. The fraction of sp³-hybridized carbons (Fsp3) is 0.100. The van der Waals surface area contributed by atoms with Crippen LogP contribution in [0.4, 0.5) is 0 Å². The molecule has 0 unspecified atom stereocenters. The number of rotatable bonds is 3. The van der Waals surface area contributed by atoms with Crippen molar-refractivity contribution in [3.05, 3.63) is 40.8 Å². The van der Waals surface area contributed by atoms with E-state index in [-0.39, 0.29) is 0 Å². The predicted octanol–water partition coefficient (Wildman–Crippen LogP) is 2.00. The highest BCUT2D eigenvalue weighted by Crippen LogP contribution is 2.12. The van der Waals surface area contributed by atoms with Gasteiger partial charge in [0.25, 0.3) is 0 Å². The second kappa shape index (κ2) is 4.91. The van der Waals surface area contributed by atoms with Crippen LogP contribution in [0.5, 0.6) is 5.75 Å². The molecule has 1 rings (SSSR count). The van der Waals surface area contributed by atoms with E-state index in [1.54, 1.807) is 31.4 Å². The van der Waals surface area contributed by atoms with Crippen LogP contribution in [0.1, 0.15) is 5.56 Å². The van der Waals surface area contributed by atoms with Crippen molar-refractivity contribution in [2.45, 2.75) is 0 Å². The first-order valence-corrected chi connectivity index (χ1v) is 3.95. The third-order valence-corrected chi connectivity index (χ3v) is 1.62. The zero-order valence-corrected chi connectivity index (χ0v) is 7.64. The van der Waals surface area contributed by atoms with Crippen LogP contribution in [-0.4, -0.2) is 13.0 Å². The van der Waals surface area contributed by atoms with Crippen LogP contribution in [0.2, 0.25) is 0 Å². The Kier molecular flexibility index (Phi) is 3.55. The predicted molar refractivity (Wildman–Crippen MR) is 52.8 cm³/mol. The number of carbonyl (C=O) groups is 1. The SMILES string of the molecule is COc1ccc(/C=C\C(=O)N=O)cc1. The van der Waals surface area contributed by atoms with E-state index in [4.69, 9.17) is 4.74 Å². The zero-order valence-electron chi connectivity index (χ0n) is 7.64. The molecular weight excluding hydrogens is 182 g/mol. The summed E-state index contributed by atoms with van der Waals surface area (Å²) in [5, 5.41) is 2.24. The minimum absolute atomic E-state index is 0.738. The van der Waals surface area contributed by atoms with Gasteiger partial charge >= 0.3 is 5.91 Å². The number of nitroso groups, excluding NO2 is 1. The standard InChI is InChI=1S/C10H9NO3/c1-14-9-5-2-8(3-6-9)4-7-10(12)11-13/h2-7H,1H3/b7-4-. The molecule has 0 bridgehead atoms. The number of benzene rings is 1. The molecule has 0 aliphatic rings. The first-order valence-electron chi connectivity index (χ1n) is 3.95. The monoisotopic (exact) mass is 191 g/mol. The minimum Gasteiger partial charge on any atom is -0.497 e. The van der Waals surface area contributed by atoms with Crippen molar-refractivity contribution in [2.75, 3.05) is 7.11 Å². The summed E-state index contributed by atoms with van der Waals surface area (Å²) in [7, 11) is 1.57. The Balaban J connectivity index is 2.73. The van der Waals surface area contributed by atoms with Crippen LogP contribution in [0.15, 0.2) is 35.5 Å². The minimum atomic E-state index is -0.791. The van der Waals surface area contributed by atoms with Gasteiger partial charge in [-0.2, -0.15) is 0 Å². The molecule has 0 aromatic heterocycles. The van der Waals surface area contributed by atoms with Gasteiger partial charge in [-0.15, -0.1) is 4.91 Å². The number of hydrogen-bond donors (Lipinski definition) is 0. The van der Waals surface area contributed by atoms with Gasteiger partial charge in [0, 0.05) is 11.3 Å². The quantitative estimate of drug-likeness (QED) is 0.542. The van der Waals surface area contributed by atoms with Gasteiger partial charge < -0.3 is 4.74 Å². The smallest absolute Gasteiger partial charge is 0.309 e. The summed E-state index contributed by atoms with van der Waals surface area (Å²) < 4.78 is 4.96. The Labute approximate surface area is 81.2 Å². The molecule has 1 aromatic rings. The largest absolute Gasteiger partial charge is 0.497 e. The maximum Gasteiger partial charge on any atom is 0.309 e. The molecule has 0 saturated carbocycles. The van der Waals surface area contributed by atoms with Crippen molar-refractivity contribution >= 4 is 12.0 Å². The fourth-order valence-electron chi connectivity index (χ4n) is 0.913. The molecule has 4 nitrogen and oxygen atoms in total. The lowest BCUT2D eigenvalue weighted by Gasteiger charge is -1.98. The summed E-state index contributed by atoms with van der Waals surface area (Å²) in [6.45, 7) is 0. The van der Waals surface area contributed by atoms with Gasteiger partial charge in [-0.25, -0.2) is 0 Å². The summed E-state index contributed by atoms with van der Waals surface area (Å²) in [4.78, 5) is 20.3. The topological polar surface area (TPSA) is 55.7 Å². The molecule has 0 spiro atoms. The lowest BCUT2D eigenvalue weighted by atomic mass is 10.2. The molecule has 0 saturated heterocycles. The van der Waals surface area contributed by atoms with Crippen LogP contribution in [0.3, 0.4) is 0 Å². The van der Waals surface area contributed by atoms with E-state index in [1.807, 2.05) is 0 Å². The Hall–Kier alpha value is -1.97. The third kappa shape index (κ3) is 2.82.